The maximum atomic E-state index is 13.6. The molecule has 1 aromatic carbocycles. The van der Waals surface area contributed by atoms with Crippen LogP contribution in [0.3, 0.4) is 0 Å². The van der Waals surface area contributed by atoms with E-state index in [1.54, 1.807) is 16.7 Å². The second kappa shape index (κ2) is 7.32. The summed E-state index contributed by atoms with van der Waals surface area (Å²) in [4.78, 5) is 25.2. The fourth-order valence-corrected chi connectivity index (χ4v) is 3.92. The Morgan fingerprint density at radius 2 is 2.08 bits per heavy atom. The van der Waals surface area contributed by atoms with Gasteiger partial charge in [0.1, 0.15) is 5.82 Å². The third-order valence-corrected chi connectivity index (χ3v) is 5.14. The number of fused-ring (bicyclic) bond motifs is 1. The van der Waals surface area contributed by atoms with Crippen molar-refractivity contribution in [3.63, 3.8) is 0 Å². The number of benzene rings is 1. The summed E-state index contributed by atoms with van der Waals surface area (Å²) in [6, 6.07) is 3.91. The highest BCUT2D eigenvalue weighted by Gasteiger charge is 2.21. The number of amides is 1. The lowest BCUT2D eigenvalue weighted by Gasteiger charge is -2.12. The van der Waals surface area contributed by atoms with Crippen LogP contribution in [0.25, 0.3) is 0 Å². The zero-order valence-electron chi connectivity index (χ0n) is 12.7. The number of hydrogen-bond donors (Lipinski definition) is 1. The average Bonchev–Trinajstić information content (AvgIpc) is 2.99. The number of rotatable bonds is 4. The van der Waals surface area contributed by atoms with E-state index in [1.807, 2.05) is 0 Å². The van der Waals surface area contributed by atoms with E-state index in [4.69, 9.17) is 16.3 Å². The van der Waals surface area contributed by atoms with E-state index in [0.29, 0.717) is 5.56 Å². The van der Waals surface area contributed by atoms with Gasteiger partial charge in [-0.15, -0.1) is 11.3 Å². The molecule has 1 heterocycles. The zero-order chi connectivity index (χ0) is 17.1. The van der Waals surface area contributed by atoms with Crippen molar-refractivity contribution in [3.8, 4) is 0 Å². The van der Waals surface area contributed by atoms with E-state index in [1.165, 1.54) is 17.0 Å². The first-order valence-corrected chi connectivity index (χ1v) is 8.81. The van der Waals surface area contributed by atoms with Crippen LogP contribution in [0.2, 0.25) is 5.02 Å². The lowest BCUT2D eigenvalue weighted by Crippen LogP contribution is -2.22. The molecule has 126 valence electrons. The number of anilines is 1. The first-order chi connectivity index (χ1) is 11.5. The summed E-state index contributed by atoms with van der Waals surface area (Å²) in [6.07, 6.45) is 4.05. The molecule has 0 fully saturated rings. The Morgan fingerprint density at radius 3 is 2.88 bits per heavy atom. The molecule has 0 saturated heterocycles. The van der Waals surface area contributed by atoms with Gasteiger partial charge < -0.3 is 10.1 Å². The monoisotopic (exact) mass is 367 g/mol. The number of esters is 1. The normalized spacial score (nSPS) is 13.2. The van der Waals surface area contributed by atoms with E-state index in [2.05, 4.69) is 5.32 Å². The van der Waals surface area contributed by atoms with Crippen LogP contribution in [0.4, 0.5) is 10.1 Å². The van der Waals surface area contributed by atoms with Crippen LogP contribution in [-0.4, -0.2) is 18.5 Å². The first-order valence-electron chi connectivity index (χ1n) is 7.56. The number of carbonyl (C=O) groups is 2. The summed E-state index contributed by atoms with van der Waals surface area (Å²) >= 11 is 7.21. The van der Waals surface area contributed by atoms with Crippen LogP contribution in [0.5, 0.6) is 0 Å². The zero-order valence-corrected chi connectivity index (χ0v) is 14.3. The maximum Gasteiger partial charge on any atom is 0.339 e. The first kappa shape index (κ1) is 16.9. The van der Waals surface area contributed by atoms with Gasteiger partial charge in [-0.1, -0.05) is 11.6 Å². The van der Waals surface area contributed by atoms with E-state index in [9.17, 15) is 14.0 Å². The molecule has 24 heavy (non-hydrogen) atoms. The number of ether oxygens (including phenoxy) is 1. The van der Waals surface area contributed by atoms with Crippen LogP contribution in [0.1, 0.15) is 33.6 Å². The molecule has 7 heteroatoms. The summed E-state index contributed by atoms with van der Waals surface area (Å²) in [5, 5.41) is 4.38. The quantitative estimate of drug-likeness (QED) is 0.823. The Balaban J connectivity index is 1.58. The minimum atomic E-state index is -0.644. The van der Waals surface area contributed by atoms with Crippen LogP contribution >= 0.6 is 22.9 Å². The van der Waals surface area contributed by atoms with E-state index < -0.39 is 24.3 Å². The van der Waals surface area contributed by atoms with E-state index >= 15 is 0 Å². The largest absolute Gasteiger partial charge is 0.452 e. The predicted molar refractivity (Wildman–Crippen MR) is 91.3 cm³/mol. The standard InChI is InChI=1S/C17H15ClFNO3S/c18-10-5-6-14(13(19)7-10)20-16(21)8-23-17(22)12-9-24-15-4-2-1-3-11(12)15/h5-7,9H,1-4,8H2,(H,20,21). The molecule has 0 spiro atoms. The summed E-state index contributed by atoms with van der Waals surface area (Å²) in [6.45, 7) is -0.467. The highest BCUT2D eigenvalue weighted by Crippen LogP contribution is 2.30. The third kappa shape index (κ3) is 3.76. The number of aryl methyl sites for hydroxylation is 1. The Labute approximate surface area is 147 Å². The molecular formula is C17H15ClFNO3S. The molecule has 0 bridgehead atoms. The van der Waals surface area contributed by atoms with Gasteiger partial charge in [-0.05, 0) is 49.4 Å². The third-order valence-electron chi connectivity index (χ3n) is 3.82. The number of hydrogen-bond acceptors (Lipinski definition) is 4. The number of halogens is 2. The molecule has 1 aliphatic carbocycles. The van der Waals surface area contributed by atoms with Crippen molar-refractivity contribution in [2.24, 2.45) is 0 Å². The molecule has 3 rings (SSSR count). The second-order valence-corrected chi connectivity index (χ2v) is 6.91. The SMILES string of the molecule is O=C(COC(=O)c1csc2c1CCCC2)Nc1ccc(Cl)cc1F. The lowest BCUT2D eigenvalue weighted by atomic mass is 9.96. The van der Waals surface area contributed by atoms with Crippen molar-refractivity contribution < 1.29 is 18.7 Å². The number of nitrogens with one attached hydrogen (secondary N) is 1. The van der Waals surface area contributed by atoms with E-state index in [0.717, 1.165) is 37.3 Å². The predicted octanol–water partition coefficient (Wildman–Crippen LogP) is 4.21. The highest BCUT2D eigenvalue weighted by molar-refractivity contribution is 7.10. The fraction of sp³-hybridized carbons (Fsp3) is 0.294. The van der Waals surface area contributed by atoms with Gasteiger partial charge >= 0.3 is 5.97 Å². The topological polar surface area (TPSA) is 55.4 Å². The maximum absolute atomic E-state index is 13.6. The molecule has 1 aromatic heterocycles. The molecule has 0 radical (unpaired) electrons. The molecule has 2 aromatic rings. The minimum absolute atomic E-state index is 0.00615. The molecular weight excluding hydrogens is 353 g/mol. The van der Waals surface area contributed by atoms with Gasteiger partial charge in [0.25, 0.3) is 5.91 Å². The smallest absolute Gasteiger partial charge is 0.339 e. The van der Waals surface area contributed by atoms with Crippen molar-refractivity contribution in [1.82, 2.24) is 0 Å². The molecule has 1 aliphatic rings. The Morgan fingerprint density at radius 1 is 1.29 bits per heavy atom. The van der Waals surface area contributed by atoms with Crippen molar-refractivity contribution in [2.45, 2.75) is 25.7 Å². The van der Waals surface area contributed by atoms with Crippen molar-refractivity contribution in [3.05, 3.63) is 50.4 Å². The number of thiophene rings is 1. The summed E-state index contributed by atoms with van der Waals surface area (Å²) in [5.74, 6) is -1.76. The van der Waals surface area contributed by atoms with Crippen molar-refractivity contribution >= 4 is 40.5 Å². The van der Waals surface area contributed by atoms with Gasteiger partial charge in [0.15, 0.2) is 6.61 Å². The van der Waals surface area contributed by atoms with Gasteiger partial charge in [0, 0.05) is 15.3 Å². The average molecular weight is 368 g/mol. The van der Waals surface area contributed by atoms with Crippen LogP contribution in [0.15, 0.2) is 23.6 Å². The molecule has 0 saturated carbocycles. The fourth-order valence-electron chi connectivity index (χ4n) is 2.65. The van der Waals surface area contributed by atoms with Gasteiger partial charge in [0.05, 0.1) is 11.3 Å². The Bertz CT molecular complexity index is 790. The molecule has 1 amide bonds. The molecule has 4 nitrogen and oxygen atoms in total. The summed E-state index contributed by atoms with van der Waals surface area (Å²) in [5.41, 5.74) is 1.58. The minimum Gasteiger partial charge on any atom is -0.452 e. The van der Waals surface area contributed by atoms with Crippen molar-refractivity contribution in [2.75, 3.05) is 11.9 Å². The van der Waals surface area contributed by atoms with Crippen molar-refractivity contribution in [1.29, 1.82) is 0 Å². The molecule has 0 aliphatic heterocycles. The van der Waals surface area contributed by atoms with Crippen LogP contribution in [-0.2, 0) is 22.4 Å². The lowest BCUT2D eigenvalue weighted by molar-refractivity contribution is -0.119. The van der Waals surface area contributed by atoms with Gasteiger partial charge in [0.2, 0.25) is 0 Å². The Kier molecular flexibility index (Phi) is 5.16. The second-order valence-electron chi connectivity index (χ2n) is 5.51. The summed E-state index contributed by atoms with van der Waals surface area (Å²) in [7, 11) is 0. The molecule has 0 unspecified atom stereocenters. The van der Waals surface area contributed by atoms with Gasteiger partial charge in [-0.25, -0.2) is 9.18 Å². The number of carbonyl (C=O) groups excluding carboxylic acids is 2. The van der Waals surface area contributed by atoms with Gasteiger partial charge in [-0.3, -0.25) is 4.79 Å². The van der Waals surface area contributed by atoms with Crippen LogP contribution < -0.4 is 5.32 Å². The highest BCUT2D eigenvalue weighted by atomic mass is 35.5. The van der Waals surface area contributed by atoms with Crippen LogP contribution in [0, 0.1) is 5.82 Å². The molecule has 1 N–H and O–H groups in total. The van der Waals surface area contributed by atoms with E-state index in [-0.39, 0.29) is 10.7 Å². The van der Waals surface area contributed by atoms with Gasteiger partial charge in [-0.2, -0.15) is 0 Å². The summed E-state index contributed by atoms with van der Waals surface area (Å²) < 4.78 is 18.7. The molecule has 0 atom stereocenters. The Hall–Kier alpha value is -1.92.